The van der Waals surface area contributed by atoms with Crippen LogP contribution in [0.2, 0.25) is 0 Å². The molecule has 1 aromatic rings. The molecule has 0 saturated carbocycles. The molecule has 3 N–H and O–H groups in total. The van der Waals surface area contributed by atoms with E-state index in [1.54, 1.807) is 0 Å². The van der Waals surface area contributed by atoms with Crippen LogP contribution < -0.4 is 10.6 Å². The standard InChI is InChI=1S/C18H30N2O2/c1-17(2,3)13-7-9-14(10-8-13)20-16(22)19-12-11-15(21)18(4,5)6/h7-10,15,21H,11-12H2,1-6H3,(H2,19,20,22). The Morgan fingerprint density at radius 3 is 2.09 bits per heavy atom. The number of rotatable bonds is 4. The summed E-state index contributed by atoms with van der Waals surface area (Å²) in [5, 5.41) is 15.5. The molecule has 1 unspecified atom stereocenters. The summed E-state index contributed by atoms with van der Waals surface area (Å²) in [7, 11) is 0. The number of urea groups is 1. The van der Waals surface area contributed by atoms with Crippen LogP contribution in [0.15, 0.2) is 24.3 Å². The van der Waals surface area contributed by atoms with Gasteiger partial charge in [0, 0.05) is 12.2 Å². The second kappa shape index (κ2) is 7.14. The minimum absolute atomic E-state index is 0.101. The van der Waals surface area contributed by atoms with E-state index >= 15 is 0 Å². The molecule has 4 heteroatoms. The van der Waals surface area contributed by atoms with E-state index in [0.717, 1.165) is 5.69 Å². The van der Waals surface area contributed by atoms with Gasteiger partial charge in [-0.05, 0) is 34.9 Å². The van der Waals surface area contributed by atoms with E-state index in [9.17, 15) is 9.90 Å². The molecule has 0 bridgehead atoms. The molecule has 2 amide bonds. The van der Waals surface area contributed by atoms with Gasteiger partial charge in [-0.15, -0.1) is 0 Å². The fourth-order valence-corrected chi connectivity index (χ4v) is 1.98. The van der Waals surface area contributed by atoms with Crippen molar-refractivity contribution in [3.63, 3.8) is 0 Å². The largest absolute Gasteiger partial charge is 0.393 e. The van der Waals surface area contributed by atoms with E-state index in [1.165, 1.54) is 5.56 Å². The Labute approximate surface area is 134 Å². The van der Waals surface area contributed by atoms with Crippen molar-refractivity contribution in [3.8, 4) is 0 Å². The van der Waals surface area contributed by atoms with Gasteiger partial charge in [0.25, 0.3) is 0 Å². The molecule has 0 spiro atoms. The summed E-state index contributed by atoms with van der Waals surface area (Å²) in [6.07, 6.45) is 0.110. The first-order valence-electron chi connectivity index (χ1n) is 7.83. The molecule has 0 aliphatic heterocycles. The molecule has 4 nitrogen and oxygen atoms in total. The van der Waals surface area contributed by atoms with Gasteiger partial charge in [-0.1, -0.05) is 53.7 Å². The third-order valence-corrected chi connectivity index (χ3v) is 3.71. The molecule has 0 heterocycles. The van der Waals surface area contributed by atoms with Gasteiger partial charge < -0.3 is 15.7 Å². The average Bonchev–Trinajstić information content (AvgIpc) is 2.37. The maximum absolute atomic E-state index is 11.8. The Hall–Kier alpha value is -1.55. The monoisotopic (exact) mass is 306 g/mol. The van der Waals surface area contributed by atoms with E-state index in [4.69, 9.17) is 0 Å². The molecule has 1 atom stereocenters. The van der Waals surface area contributed by atoms with Crippen LogP contribution in [0, 0.1) is 5.41 Å². The Balaban J connectivity index is 2.43. The summed E-state index contributed by atoms with van der Waals surface area (Å²) in [4.78, 5) is 11.8. The predicted octanol–water partition coefficient (Wildman–Crippen LogP) is 3.90. The van der Waals surface area contributed by atoms with E-state index in [0.29, 0.717) is 13.0 Å². The third kappa shape index (κ3) is 6.06. The van der Waals surface area contributed by atoms with Gasteiger partial charge in [0.05, 0.1) is 6.10 Å². The van der Waals surface area contributed by atoms with E-state index in [1.807, 2.05) is 45.0 Å². The Bertz CT molecular complexity index is 481. The number of carbonyl (C=O) groups excluding carboxylic acids is 1. The first kappa shape index (κ1) is 18.5. The normalized spacial score (nSPS) is 13.6. The minimum Gasteiger partial charge on any atom is -0.393 e. The highest BCUT2D eigenvalue weighted by Gasteiger charge is 2.21. The molecular weight excluding hydrogens is 276 g/mol. The van der Waals surface area contributed by atoms with E-state index in [2.05, 4.69) is 31.4 Å². The van der Waals surface area contributed by atoms with Crippen molar-refractivity contribution in [2.45, 2.75) is 59.5 Å². The summed E-state index contributed by atoms with van der Waals surface area (Å²) in [6, 6.07) is 7.62. The molecule has 0 aliphatic rings. The van der Waals surface area contributed by atoms with Crippen molar-refractivity contribution in [1.29, 1.82) is 0 Å². The molecule has 1 aromatic carbocycles. The SMILES string of the molecule is CC(C)(C)c1ccc(NC(=O)NCCC(O)C(C)(C)C)cc1. The second-order valence-electron chi connectivity index (χ2n) is 7.88. The minimum atomic E-state index is -0.432. The summed E-state index contributed by atoms with van der Waals surface area (Å²) in [6.45, 7) is 12.9. The lowest BCUT2D eigenvalue weighted by Crippen LogP contribution is -2.34. The summed E-state index contributed by atoms with van der Waals surface area (Å²) in [5.41, 5.74) is 1.93. The highest BCUT2D eigenvalue weighted by atomic mass is 16.3. The molecule has 0 fully saturated rings. The number of hydrogen-bond donors (Lipinski definition) is 3. The Morgan fingerprint density at radius 1 is 1.09 bits per heavy atom. The van der Waals surface area contributed by atoms with Gasteiger partial charge in [0.1, 0.15) is 0 Å². The molecule has 22 heavy (non-hydrogen) atoms. The zero-order valence-corrected chi connectivity index (χ0v) is 14.7. The van der Waals surface area contributed by atoms with Gasteiger partial charge in [0.2, 0.25) is 0 Å². The van der Waals surface area contributed by atoms with Crippen LogP contribution in [0.25, 0.3) is 0 Å². The summed E-state index contributed by atoms with van der Waals surface area (Å²) in [5.74, 6) is 0. The lowest BCUT2D eigenvalue weighted by atomic mass is 9.87. The lowest BCUT2D eigenvalue weighted by molar-refractivity contribution is 0.0565. The van der Waals surface area contributed by atoms with Crippen LogP contribution in [0.5, 0.6) is 0 Å². The predicted molar refractivity (Wildman–Crippen MR) is 92.2 cm³/mol. The van der Waals surface area contributed by atoms with Gasteiger partial charge in [-0.3, -0.25) is 0 Å². The van der Waals surface area contributed by atoms with Gasteiger partial charge in [0.15, 0.2) is 0 Å². The fraction of sp³-hybridized carbons (Fsp3) is 0.611. The number of aliphatic hydroxyl groups is 1. The first-order valence-corrected chi connectivity index (χ1v) is 7.83. The number of amides is 2. The van der Waals surface area contributed by atoms with Crippen LogP contribution in [0.1, 0.15) is 53.5 Å². The van der Waals surface area contributed by atoms with Gasteiger partial charge >= 0.3 is 6.03 Å². The molecule has 1 rings (SSSR count). The summed E-state index contributed by atoms with van der Waals surface area (Å²) >= 11 is 0. The van der Waals surface area contributed by atoms with Gasteiger partial charge in [-0.2, -0.15) is 0 Å². The molecule has 0 radical (unpaired) electrons. The molecule has 0 saturated heterocycles. The maximum Gasteiger partial charge on any atom is 0.319 e. The van der Waals surface area contributed by atoms with Gasteiger partial charge in [-0.25, -0.2) is 4.79 Å². The van der Waals surface area contributed by atoms with Crippen molar-refractivity contribution in [1.82, 2.24) is 5.32 Å². The number of benzene rings is 1. The van der Waals surface area contributed by atoms with Crippen molar-refractivity contribution < 1.29 is 9.90 Å². The van der Waals surface area contributed by atoms with Crippen molar-refractivity contribution >= 4 is 11.7 Å². The summed E-state index contributed by atoms with van der Waals surface area (Å²) < 4.78 is 0. The number of hydrogen-bond acceptors (Lipinski definition) is 2. The van der Waals surface area contributed by atoms with E-state index in [-0.39, 0.29) is 16.9 Å². The Kier molecular flexibility index (Phi) is 6.00. The number of anilines is 1. The highest BCUT2D eigenvalue weighted by molar-refractivity contribution is 5.89. The van der Waals surface area contributed by atoms with Crippen molar-refractivity contribution in [2.24, 2.45) is 5.41 Å². The maximum atomic E-state index is 11.8. The van der Waals surface area contributed by atoms with Crippen LogP contribution >= 0.6 is 0 Å². The number of carbonyl (C=O) groups is 1. The average molecular weight is 306 g/mol. The second-order valence-corrected chi connectivity index (χ2v) is 7.88. The van der Waals surface area contributed by atoms with Crippen LogP contribution in [-0.4, -0.2) is 23.8 Å². The fourth-order valence-electron chi connectivity index (χ4n) is 1.98. The number of aliphatic hydroxyl groups excluding tert-OH is 1. The Morgan fingerprint density at radius 2 is 1.64 bits per heavy atom. The first-order chi connectivity index (χ1) is 10.00. The number of nitrogens with one attached hydrogen (secondary N) is 2. The molecule has 124 valence electrons. The van der Waals surface area contributed by atoms with E-state index < -0.39 is 6.10 Å². The quantitative estimate of drug-likeness (QED) is 0.790. The molecule has 0 aliphatic carbocycles. The lowest BCUT2D eigenvalue weighted by Gasteiger charge is -2.25. The molecular formula is C18H30N2O2. The van der Waals surface area contributed by atoms with Crippen LogP contribution in [-0.2, 0) is 5.41 Å². The zero-order valence-electron chi connectivity index (χ0n) is 14.7. The third-order valence-electron chi connectivity index (χ3n) is 3.71. The van der Waals surface area contributed by atoms with Crippen molar-refractivity contribution in [2.75, 3.05) is 11.9 Å². The zero-order chi connectivity index (χ0) is 17.0. The smallest absolute Gasteiger partial charge is 0.319 e. The molecule has 0 aromatic heterocycles. The van der Waals surface area contributed by atoms with Crippen LogP contribution in [0.4, 0.5) is 10.5 Å². The topological polar surface area (TPSA) is 61.4 Å². The highest BCUT2D eigenvalue weighted by Crippen LogP contribution is 2.23. The van der Waals surface area contributed by atoms with Crippen molar-refractivity contribution in [3.05, 3.63) is 29.8 Å². The van der Waals surface area contributed by atoms with Crippen LogP contribution in [0.3, 0.4) is 0 Å².